The third-order valence-corrected chi connectivity index (χ3v) is 5.42. The van der Waals surface area contributed by atoms with E-state index in [0.717, 1.165) is 4.90 Å². The Morgan fingerprint density at radius 2 is 1.39 bits per heavy atom. The summed E-state index contributed by atoms with van der Waals surface area (Å²) in [5.74, 6) is -3.00. The summed E-state index contributed by atoms with van der Waals surface area (Å²) >= 11 is 0. The number of halogens is 1. The van der Waals surface area contributed by atoms with Gasteiger partial charge in [-0.3, -0.25) is 19.4 Å². The number of para-hydroxylation sites is 1. The van der Waals surface area contributed by atoms with Crippen molar-refractivity contribution < 1.29 is 18.8 Å². The highest BCUT2D eigenvalue weighted by Gasteiger charge is 2.58. The van der Waals surface area contributed by atoms with Gasteiger partial charge in [-0.15, -0.1) is 0 Å². The third-order valence-electron chi connectivity index (χ3n) is 5.42. The van der Waals surface area contributed by atoms with Gasteiger partial charge >= 0.3 is 0 Å². The number of imide groups is 1. The molecule has 0 bridgehead atoms. The number of benzene rings is 3. The standard InChI is InChI=1S/C24H16FN3O3/c25-16-11-13-17(14-12-16)27-23(30)19-20(22(29)15-7-3-1-4-8-15)26-28(21(19)24(27)31)18-9-5-2-6-10-18/h1-14,19,21H/t19-,21-/m1/s1. The van der Waals surface area contributed by atoms with Crippen LogP contribution in [-0.2, 0) is 9.59 Å². The molecule has 0 N–H and O–H groups in total. The lowest BCUT2D eigenvalue weighted by Gasteiger charge is -2.22. The Balaban J connectivity index is 1.61. The van der Waals surface area contributed by atoms with Gasteiger partial charge < -0.3 is 0 Å². The highest BCUT2D eigenvalue weighted by atomic mass is 19.1. The summed E-state index contributed by atoms with van der Waals surface area (Å²) in [5, 5.41) is 5.87. The van der Waals surface area contributed by atoms with Crippen LogP contribution in [0.2, 0.25) is 0 Å². The van der Waals surface area contributed by atoms with Crippen molar-refractivity contribution in [3.63, 3.8) is 0 Å². The number of Topliss-reactive ketones (excluding diaryl/α,β-unsaturated/α-hetero) is 1. The maximum atomic E-state index is 13.4. The summed E-state index contributed by atoms with van der Waals surface area (Å²) in [4.78, 5) is 40.9. The van der Waals surface area contributed by atoms with E-state index in [9.17, 15) is 18.8 Å². The van der Waals surface area contributed by atoms with Gasteiger partial charge in [0.15, 0.2) is 0 Å². The van der Waals surface area contributed by atoms with Crippen LogP contribution in [0.25, 0.3) is 0 Å². The van der Waals surface area contributed by atoms with Crippen LogP contribution >= 0.6 is 0 Å². The maximum Gasteiger partial charge on any atom is 0.259 e. The molecule has 0 spiro atoms. The van der Waals surface area contributed by atoms with Crippen LogP contribution in [0.1, 0.15) is 10.4 Å². The molecule has 2 amide bonds. The highest BCUT2D eigenvalue weighted by Crippen LogP contribution is 2.38. The minimum absolute atomic E-state index is 0.0167. The molecular weight excluding hydrogens is 397 g/mol. The van der Waals surface area contributed by atoms with Crippen molar-refractivity contribution in [1.82, 2.24) is 0 Å². The van der Waals surface area contributed by atoms with Crippen LogP contribution in [0.5, 0.6) is 0 Å². The van der Waals surface area contributed by atoms with E-state index in [0.29, 0.717) is 11.3 Å². The van der Waals surface area contributed by atoms with Gasteiger partial charge in [-0.2, -0.15) is 5.10 Å². The monoisotopic (exact) mass is 413 g/mol. The third kappa shape index (κ3) is 3.02. The summed E-state index contributed by atoms with van der Waals surface area (Å²) in [5.41, 5.74) is 1.25. The largest absolute Gasteiger partial charge is 0.287 e. The molecular formula is C24H16FN3O3. The molecule has 152 valence electrons. The van der Waals surface area contributed by atoms with Crippen LogP contribution in [0.4, 0.5) is 15.8 Å². The van der Waals surface area contributed by atoms with E-state index >= 15 is 0 Å². The first-order valence-electron chi connectivity index (χ1n) is 9.72. The Bertz CT molecular complexity index is 1210. The van der Waals surface area contributed by atoms with Gasteiger partial charge in [-0.25, -0.2) is 9.29 Å². The van der Waals surface area contributed by atoms with E-state index in [1.807, 2.05) is 6.07 Å². The fourth-order valence-corrected chi connectivity index (χ4v) is 3.98. The first kappa shape index (κ1) is 18.9. The van der Waals surface area contributed by atoms with Gasteiger partial charge in [0.05, 0.1) is 11.4 Å². The van der Waals surface area contributed by atoms with Gasteiger partial charge in [0.2, 0.25) is 11.7 Å². The molecule has 2 aliphatic rings. The number of carbonyl (C=O) groups excluding carboxylic acids is 3. The zero-order valence-corrected chi connectivity index (χ0v) is 16.2. The lowest BCUT2D eigenvalue weighted by Crippen LogP contribution is -2.39. The number of hydrazone groups is 1. The second-order valence-electron chi connectivity index (χ2n) is 7.27. The predicted molar refractivity (Wildman–Crippen MR) is 113 cm³/mol. The summed E-state index contributed by atoms with van der Waals surface area (Å²) in [6, 6.07) is 21.6. The Kier molecular flexibility index (Phi) is 4.43. The molecule has 7 heteroatoms. The molecule has 0 radical (unpaired) electrons. The molecule has 1 saturated heterocycles. The summed E-state index contributed by atoms with van der Waals surface area (Å²) < 4.78 is 13.4. The van der Waals surface area contributed by atoms with Crippen molar-refractivity contribution in [3.05, 3.63) is 96.3 Å². The van der Waals surface area contributed by atoms with Crippen molar-refractivity contribution in [3.8, 4) is 0 Å². The molecule has 1 fully saturated rings. The lowest BCUT2D eigenvalue weighted by molar-refractivity contribution is -0.121. The van der Waals surface area contributed by atoms with E-state index in [2.05, 4.69) is 5.10 Å². The Morgan fingerprint density at radius 3 is 2.03 bits per heavy atom. The van der Waals surface area contributed by atoms with Crippen molar-refractivity contribution >= 4 is 34.7 Å². The summed E-state index contributed by atoms with van der Waals surface area (Å²) in [6.45, 7) is 0. The maximum absolute atomic E-state index is 13.4. The van der Waals surface area contributed by atoms with Gasteiger partial charge in [0.1, 0.15) is 23.5 Å². The summed E-state index contributed by atoms with van der Waals surface area (Å²) in [7, 11) is 0. The Hall–Kier alpha value is -4.13. The van der Waals surface area contributed by atoms with Crippen molar-refractivity contribution in [1.29, 1.82) is 0 Å². The molecule has 0 saturated carbocycles. The number of hydrogen-bond donors (Lipinski definition) is 0. The quantitative estimate of drug-likeness (QED) is 0.485. The van der Waals surface area contributed by atoms with Crippen LogP contribution in [0.15, 0.2) is 90.0 Å². The first-order valence-corrected chi connectivity index (χ1v) is 9.72. The molecule has 6 nitrogen and oxygen atoms in total. The first-order chi connectivity index (χ1) is 15.1. The average molecular weight is 413 g/mol. The highest BCUT2D eigenvalue weighted by molar-refractivity contribution is 6.53. The van der Waals surface area contributed by atoms with Crippen molar-refractivity contribution in [2.45, 2.75) is 6.04 Å². The minimum atomic E-state index is -1.05. The average Bonchev–Trinajstić information content (AvgIpc) is 3.32. The topological polar surface area (TPSA) is 70.1 Å². The van der Waals surface area contributed by atoms with E-state index in [1.54, 1.807) is 54.6 Å². The minimum Gasteiger partial charge on any atom is -0.287 e. The Morgan fingerprint density at radius 1 is 0.774 bits per heavy atom. The number of ketones is 1. The number of fused-ring (bicyclic) bond motifs is 1. The molecule has 3 aromatic carbocycles. The molecule has 0 aliphatic carbocycles. The number of amides is 2. The fourth-order valence-electron chi connectivity index (χ4n) is 3.98. The Labute approximate surface area is 177 Å². The molecule has 3 aromatic rings. The second kappa shape index (κ2) is 7.28. The lowest BCUT2D eigenvalue weighted by atomic mass is 9.92. The molecule has 0 unspecified atom stereocenters. The predicted octanol–water partition coefficient (Wildman–Crippen LogP) is 3.44. The number of hydrogen-bond acceptors (Lipinski definition) is 5. The number of carbonyl (C=O) groups is 3. The zero-order chi connectivity index (χ0) is 21.5. The van der Waals surface area contributed by atoms with Crippen molar-refractivity contribution in [2.24, 2.45) is 11.0 Å². The second-order valence-corrected chi connectivity index (χ2v) is 7.27. The molecule has 31 heavy (non-hydrogen) atoms. The van der Waals surface area contributed by atoms with Crippen molar-refractivity contribution in [2.75, 3.05) is 9.91 Å². The number of nitrogens with zero attached hydrogens (tertiary/aromatic N) is 3. The number of anilines is 2. The SMILES string of the molecule is O=C(C1=NN(c2ccccc2)[C@H]2C(=O)N(c3ccc(F)cc3)C(=O)[C@H]12)c1ccccc1. The summed E-state index contributed by atoms with van der Waals surface area (Å²) in [6.07, 6.45) is 0. The van der Waals surface area contributed by atoms with Crippen LogP contribution in [-0.4, -0.2) is 29.4 Å². The van der Waals surface area contributed by atoms with E-state index < -0.39 is 35.4 Å². The number of rotatable bonds is 4. The van der Waals surface area contributed by atoms with Gasteiger partial charge in [0.25, 0.3) is 5.91 Å². The normalized spacial score (nSPS) is 20.1. The molecule has 5 rings (SSSR count). The van der Waals surface area contributed by atoms with E-state index in [-0.39, 0.29) is 11.4 Å². The molecule has 2 heterocycles. The van der Waals surface area contributed by atoms with E-state index in [1.165, 1.54) is 29.3 Å². The van der Waals surface area contributed by atoms with Crippen LogP contribution < -0.4 is 9.91 Å². The fraction of sp³-hybridized carbons (Fsp3) is 0.0833. The molecule has 0 aromatic heterocycles. The van der Waals surface area contributed by atoms with E-state index in [4.69, 9.17) is 0 Å². The molecule has 2 aliphatic heterocycles. The van der Waals surface area contributed by atoms with Crippen LogP contribution in [0.3, 0.4) is 0 Å². The smallest absolute Gasteiger partial charge is 0.259 e. The van der Waals surface area contributed by atoms with Gasteiger partial charge in [-0.1, -0.05) is 48.5 Å². The van der Waals surface area contributed by atoms with Crippen LogP contribution in [0, 0.1) is 11.7 Å². The zero-order valence-electron chi connectivity index (χ0n) is 16.2. The van der Waals surface area contributed by atoms with Gasteiger partial charge in [0, 0.05) is 5.56 Å². The van der Waals surface area contributed by atoms with Gasteiger partial charge in [-0.05, 0) is 36.4 Å². The molecule has 2 atom stereocenters.